The van der Waals surface area contributed by atoms with Crippen LogP contribution in [0.15, 0.2) is 12.2 Å². The molecule has 0 bridgehead atoms. The number of rotatable bonds is 17. The van der Waals surface area contributed by atoms with Crippen molar-refractivity contribution >= 4 is 65.0 Å². The lowest BCUT2D eigenvalue weighted by atomic mass is 9.91. The Bertz CT molecular complexity index is 2390. The van der Waals surface area contributed by atoms with Crippen molar-refractivity contribution in [1.82, 2.24) is 50.7 Å². The average molecular weight is 1250 g/mol. The molecule has 10 amide bonds. The van der Waals surface area contributed by atoms with E-state index >= 15 is 4.79 Å². The number of allylic oxidation sites excluding steroid dienone is 2. The molecule has 24 heteroatoms. The SMILES string of the molecule is C/C=C/C[C@@H](C)[C@@H](O)[C@@H]1C(=O)N[C@@H]([C@@H](C)O)C(=O)N(C)CC(=O)N(C)[C@@H](CC(C)C)C(=O)N[C@H](CC(C)C)C(=O)N(C)[C@H](CC(C)C)C(=O)N[C@H](C)C(=O)O[C@@H](C(C)C)C(=O)N(C)[C@H](CC(C)C)C(=O)N[C@H](CC(C)C)C(=O)N(C)[C@H](C(C)C)C(=O)N1C. The number of ether oxygens (including phenoxy) is 1. The second kappa shape index (κ2) is 36.5. The standard InChI is InChI=1S/C64H114N10O14/c1-25-26-27-41(16)53(77)52-58(81)68-50(43(18)75)61(84)69(19)33-49(76)70(20)46(30-36(6)7)56(79)66-44(28-34(2)3)59(82)71(21)47(31-37(8)9)55(78)65-42(17)64(87)88-54(40(14)15)63(86)72(22)48(32-38(10)11)57(80)67-45(29-35(4)5)60(83)73(23)51(39(12)13)62(85)74(52)24/h25-26,34-48,50-54,75,77H,27-33H2,1-24H3,(H,65,78)(H,66,79)(H,67,80)(H,68,81)/b26-25+/t41-,42-,43-,44-,45-,46+,47-,48-,50+,51-,52-,53-,54+/m1/s1. The van der Waals surface area contributed by atoms with Gasteiger partial charge in [-0.05, 0) is 107 Å². The highest BCUT2D eigenvalue weighted by atomic mass is 16.6. The maximum Gasteiger partial charge on any atom is 0.329 e. The summed E-state index contributed by atoms with van der Waals surface area (Å²) in [7, 11) is 8.12. The normalized spacial score (nSPS) is 26.7. The molecule has 1 aliphatic heterocycles. The Balaban J connectivity index is 4.41. The molecule has 0 aromatic carbocycles. The van der Waals surface area contributed by atoms with Crippen molar-refractivity contribution in [2.45, 2.75) is 236 Å². The third-order valence-corrected chi connectivity index (χ3v) is 16.1. The minimum absolute atomic E-state index is 0.0804. The van der Waals surface area contributed by atoms with E-state index in [1.165, 1.54) is 70.8 Å². The lowest BCUT2D eigenvalue weighted by Gasteiger charge is -2.40. The van der Waals surface area contributed by atoms with Crippen LogP contribution in [0.2, 0.25) is 0 Å². The van der Waals surface area contributed by atoms with E-state index in [-0.39, 0.29) is 68.1 Å². The lowest BCUT2D eigenvalue weighted by molar-refractivity contribution is -0.166. The maximum absolute atomic E-state index is 15.1. The molecular formula is C64H114N10O14. The van der Waals surface area contributed by atoms with Crippen LogP contribution in [0.5, 0.6) is 0 Å². The number of nitrogens with zero attached hydrogens (tertiary/aromatic N) is 6. The van der Waals surface area contributed by atoms with Crippen molar-refractivity contribution in [3.8, 4) is 0 Å². The van der Waals surface area contributed by atoms with Gasteiger partial charge in [-0.25, -0.2) is 4.79 Å². The van der Waals surface area contributed by atoms with E-state index in [1.54, 1.807) is 53.7 Å². The molecule has 504 valence electrons. The molecule has 0 aromatic rings. The molecule has 6 N–H and O–H groups in total. The Morgan fingerprint density at radius 2 is 0.875 bits per heavy atom. The number of carbonyl (C=O) groups is 11. The number of cyclic esters (lactones) is 1. The summed E-state index contributed by atoms with van der Waals surface area (Å²) >= 11 is 0. The highest BCUT2D eigenvalue weighted by molar-refractivity contribution is 5.99. The van der Waals surface area contributed by atoms with Crippen LogP contribution in [0.4, 0.5) is 0 Å². The zero-order valence-electron chi connectivity index (χ0n) is 57.6. The number of hydrogen-bond acceptors (Lipinski definition) is 14. The van der Waals surface area contributed by atoms with Crippen molar-refractivity contribution in [2.75, 3.05) is 48.8 Å². The average Bonchev–Trinajstić information content (AvgIpc) is 3.61. The van der Waals surface area contributed by atoms with Crippen molar-refractivity contribution in [3.63, 3.8) is 0 Å². The first kappa shape index (κ1) is 79.8. The van der Waals surface area contributed by atoms with Crippen LogP contribution in [0, 0.1) is 47.3 Å². The third kappa shape index (κ3) is 23.3. The fourth-order valence-electron chi connectivity index (χ4n) is 10.8. The second-order valence-corrected chi connectivity index (χ2v) is 27.3. The van der Waals surface area contributed by atoms with Crippen molar-refractivity contribution in [2.24, 2.45) is 47.3 Å². The molecule has 24 nitrogen and oxygen atoms in total. The molecule has 0 aliphatic carbocycles. The van der Waals surface area contributed by atoms with Crippen LogP contribution >= 0.6 is 0 Å². The first-order chi connectivity index (χ1) is 40.5. The Morgan fingerprint density at radius 3 is 1.27 bits per heavy atom. The van der Waals surface area contributed by atoms with E-state index in [9.17, 15) is 58.2 Å². The van der Waals surface area contributed by atoms with E-state index < -0.39 is 162 Å². The van der Waals surface area contributed by atoms with Gasteiger partial charge < -0.3 is 65.6 Å². The van der Waals surface area contributed by atoms with Crippen molar-refractivity contribution in [1.29, 1.82) is 0 Å². The molecule has 13 atom stereocenters. The summed E-state index contributed by atoms with van der Waals surface area (Å²) in [6.07, 6.45) is -0.368. The summed E-state index contributed by atoms with van der Waals surface area (Å²) in [5.41, 5.74) is 0. The molecule has 1 fully saturated rings. The first-order valence-corrected chi connectivity index (χ1v) is 31.5. The van der Waals surface area contributed by atoms with Gasteiger partial charge in [0, 0.05) is 42.3 Å². The smallest absolute Gasteiger partial charge is 0.329 e. The van der Waals surface area contributed by atoms with E-state index in [2.05, 4.69) is 21.3 Å². The van der Waals surface area contributed by atoms with Crippen LogP contribution in [-0.4, -0.2) is 226 Å². The summed E-state index contributed by atoms with van der Waals surface area (Å²) in [5.74, 6) is -11.6. The number of aliphatic hydroxyl groups is 2. The Kier molecular flexibility index (Phi) is 33.1. The minimum Gasteiger partial charge on any atom is -0.450 e. The van der Waals surface area contributed by atoms with Gasteiger partial charge in [0.05, 0.1) is 18.8 Å². The predicted octanol–water partition coefficient (Wildman–Crippen LogP) is 3.35. The van der Waals surface area contributed by atoms with Crippen LogP contribution in [0.3, 0.4) is 0 Å². The molecule has 1 aliphatic rings. The Labute approximate surface area is 525 Å². The number of hydrogen-bond donors (Lipinski definition) is 6. The molecule has 1 heterocycles. The van der Waals surface area contributed by atoms with Crippen LogP contribution in [0.25, 0.3) is 0 Å². The van der Waals surface area contributed by atoms with Gasteiger partial charge in [-0.15, -0.1) is 0 Å². The van der Waals surface area contributed by atoms with Crippen molar-refractivity contribution in [3.05, 3.63) is 12.2 Å². The Hall–Kier alpha value is -6.17. The number of aliphatic hydroxyl groups excluding tert-OH is 2. The number of carbonyl (C=O) groups excluding carboxylic acids is 11. The summed E-state index contributed by atoms with van der Waals surface area (Å²) in [6.45, 7) is 30.5. The van der Waals surface area contributed by atoms with Gasteiger partial charge in [-0.3, -0.25) is 47.9 Å². The largest absolute Gasteiger partial charge is 0.450 e. The quantitative estimate of drug-likeness (QED) is 0.0900. The zero-order valence-corrected chi connectivity index (χ0v) is 57.6. The van der Waals surface area contributed by atoms with Gasteiger partial charge in [0.15, 0.2) is 6.10 Å². The summed E-state index contributed by atoms with van der Waals surface area (Å²) in [5, 5.41) is 34.2. The van der Waals surface area contributed by atoms with E-state index in [0.29, 0.717) is 0 Å². The van der Waals surface area contributed by atoms with Gasteiger partial charge in [0.1, 0.15) is 54.4 Å². The number of amides is 10. The first-order valence-electron chi connectivity index (χ1n) is 31.5. The van der Waals surface area contributed by atoms with Crippen LogP contribution < -0.4 is 21.3 Å². The summed E-state index contributed by atoms with van der Waals surface area (Å²) in [4.78, 5) is 167. The van der Waals surface area contributed by atoms with Gasteiger partial charge in [0.2, 0.25) is 53.2 Å². The lowest BCUT2D eigenvalue weighted by Crippen LogP contribution is -2.64. The van der Waals surface area contributed by atoms with Crippen LogP contribution in [-0.2, 0) is 57.5 Å². The predicted molar refractivity (Wildman–Crippen MR) is 337 cm³/mol. The maximum atomic E-state index is 15.1. The van der Waals surface area contributed by atoms with E-state index in [1.807, 2.05) is 69.2 Å². The van der Waals surface area contributed by atoms with Gasteiger partial charge >= 0.3 is 5.97 Å². The number of esters is 1. The number of likely N-dealkylation sites (N-methyl/N-ethyl adjacent to an activating group) is 6. The van der Waals surface area contributed by atoms with E-state index in [0.717, 1.165) is 14.7 Å². The summed E-state index contributed by atoms with van der Waals surface area (Å²) < 4.78 is 5.89. The fourth-order valence-corrected chi connectivity index (χ4v) is 10.8. The molecule has 0 unspecified atom stereocenters. The highest BCUT2D eigenvalue weighted by Crippen LogP contribution is 2.25. The molecule has 0 radical (unpaired) electrons. The highest BCUT2D eigenvalue weighted by Gasteiger charge is 2.46. The molecule has 1 rings (SSSR count). The second-order valence-electron chi connectivity index (χ2n) is 27.3. The third-order valence-electron chi connectivity index (χ3n) is 16.1. The van der Waals surface area contributed by atoms with Crippen molar-refractivity contribution < 1.29 is 67.7 Å². The van der Waals surface area contributed by atoms with Gasteiger partial charge in [-0.2, -0.15) is 0 Å². The topological polar surface area (TPSA) is 305 Å². The fraction of sp³-hybridized carbons (Fsp3) is 0.797. The molecule has 0 spiro atoms. The Morgan fingerprint density at radius 1 is 0.477 bits per heavy atom. The number of nitrogens with one attached hydrogen (secondary N) is 4. The monoisotopic (exact) mass is 1250 g/mol. The summed E-state index contributed by atoms with van der Waals surface area (Å²) in [6, 6.07) is -12.2. The molecular weight excluding hydrogens is 1130 g/mol. The molecule has 0 saturated carbocycles. The van der Waals surface area contributed by atoms with E-state index in [4.69, 9.17) is 4.74 Å². The molecule has 88 heavy (non-hydrogen) atoms. The molecule has 0 aromatic heterocycles. The van der Waals surface area contributed by atoms with Gasteiger partial charge in [0.25, 0.3) is 5.91 Å². The minimum atomic E-state index is -1.75. The van der Waals surface area contributed by atoms with Crippen LogP contribution in [0.1, 0.15) is 163 Å². The zero-order chi connectivity index (χ0) is 68.3. The molecule has 1 saturated heterocycles. The van der Waals surface area contributed by atoms with Gasteiger partial charge in [-0.1, -0.05) is 116 Å².